The maximum absolute atomic E-state index is 2.36. The van der Waals surface area contributed by atoms with Crippen LogP contribution in [-0.2, 0) is 0 Å². The first kappa shape index (κ1) is 16.4. The third-order valence-corrected chi connectivity index (χ3v) is 2.39. The van der Waals surface area contributed by atoms with E-state index >= 15 is 0 Å². The molecule has 0 heterocycles. The summed E-state index contributed by atoms with van der Waals surface area (Å²) in [5, 5.41) is 0. The first-order valence-corrected chi connectivity index (χ1v) is 6.72. The van der Waals surface area contributed by atoms with Crippen LogP contribution in [0.4, 0.5) is 0 Å². The summed E-state index contributed by atoms with van der Waals surface area (Å²) < 4.78 is 0. The summed E-state index contributed by atoms with van der Waals surface area (Å²) >= 11 is 0. The van der Waals surface area contributed by atoms with Crippen molar-refractivity contribution in [1.82, 2.24) is 0 Å². The first-order chi connectivity index (χ1) is 6.72. The highest BCUT2D eigenvalue weighted by atomic mass is 14.1. The lowest BCUT2D eigenvalue weighted by Crippen LogP contribution is -1.99. The van der Waals surface area contributed by atoms with Gasteiger partial charge >= 0.3 is 0 Å². The molecule has 0 N–H and O–H groups in total. The van der Waals surface area contributed by atoms with Gasteiger partial charge in [-0.25, -0.2) is 0 Å². The fourth-order valence-electron chi connectivity index (χ4n) is 1.31. The highest BCUT2D eigenvalue weighted by molar-refractivity contribution is 4.59. The third-order valence-electron chi connectivity index (χ3n) is 2.39. The van der Waals surface area contributed by atoms with E-state index in [1.807, 2.05) is 0 Å². The molecule has 1 rings (SSSR count). The maximum Gasteiger partial charge on any atom is 0 e. The second kappa shape index (κ2) is 15.5. The molecular weight excluding hydrogens is 168 g/mol. The minimum absolute atomic E-state index is 0. The normalized spacial score (nSPS) is 16.1. The van der Waals surface area contributed by atoms with E-state index in [1.165, 1.54) is 51.4 Å². The molecule has 0 nitrogen and oxygen atoms in total. The van der Waals surface area contributed by atoms with E-state index in [2.05, 4.69) is 34.6 Å². The number of hydrogen-bond donors (Lipinski definition) is 0. The molecule has 14 heavy (non-hydrogen) atoms. The van der Waals surface area contributed by atoms with Crippen LogP contribution in [0, 0.1) is 5.92 Å². The Labute approximate surface area is 94.0 Å². The highest BCUT2D eigenvalue weighted by Crippen LogP contribution is 2.22. The molecule has 0 radical (unpaired) electrons. The second-order valence-corrected chi connectivity index (χ2v) is 4.45. The van der Waals surface area contributed by atoms with Crippen molar-refractivity contribution in [1.29, 1.82) is 0 Å². The van der Waals surface area contributed by atoms with Gasteiger partial charge in [0.25, 0.3) is 0 Å². The van der Waals surface area contributed by atoms with Gasteiger partial charge in [-0.05, 0) is 5.92 Å². The first-order valence-electron chi connectivity index (χ1n) is 6.72. The van der Waals surface area contributed by atoms with Crippen LogP contribution in [-0.4, -0.2) is 0 Å². The Morgan fingerprint density at radius 2 is 1.21 bits per heavy atom. The lowest BCUT2D eigenvalue weighted by atomic mass is 9.91. The molecule has 0 aromatic heterocycles. The van der Waals surface area contributed by atoms with Crippen LogP contribution in [0.5, 0.6) is 0 Å². The molecule has 90 valence electrons. The molecule has 0 aromatic carbocycles. The van der Waals surface area contributed by atoms with Gasteiger partial charge in [0.1, 0.15) is 0 Å². The van der Waals surface area contributed by atoms with Crippen LogP contribution in [0.1, 0.15) is 87.4 Å². The summed E-state index contributed by atoms with van der Waals surface area (Å²) in [6.45, 7) is 11.0. The number of hydrogen-bond acceptors (Lipinski definition) is 0. The molecule has 1 saturated carbocycles. The van der Waals surface area contributed by atoms with Crippen LogP contribution >= 0.6 is 0 Å². The molecule has 0 unspecified atom stereocenters. The van der Waals surface area contributed by atoms with Gasteiger partial charge in [-0.3, -0.25) is 0 Å². The summed E-state index contributed by atoms with van der Waals surface area (Å²) in [5.41, 5.74) is 0. The molecule has 0 heteroatoms. The molecule has 0 aliphatic heterocycles. The summed E-state index contributed by atoms with van der Waals surface area (Å²) in [6.07, 6.45) is 11.3. The van der Waals surface area contributed by atoms with E-state index in [0.717, 1.165) is 5.92 Å². The summed E-state index contributed by atoms with van der Waals surface area (Å²) in [7, 11) is 0. The Balaban J connectivity index is -0.000000158. The maximum atomic E-state index is 2.36. The van der Waals surface area contributed by atoms with Crippen molar-refractivity contribution in [2.75, 3.05) is 0 Å². The van der Waals surface area contributed by atoms with Crippen molar-refractivity contribution in [3.05, 3.63) is 0 Å². The molecule has 0 saturated heterocycles. The van der Waals surface area contributed by atoms with E-state index < -0.39 is 0 Å². The van der Waals surface area contributed by atoms with E-state index in [9.17, 15) is 0 Å². The minimum atomic E-state index is 0. The quantitative estimate of drug-likeness (QED) is 0.485. The van der Waals surface area contributed by atoms with Gasteiger partial charge in [0.05, 0.1) is 0 Å². The Bertz CT molecular complexity index is 73.4. The molecule has 0 bridgehead atoms. The van der Waals surface area contributed by atoms with Gasteiger partial charge in [-0.1, -0.05) is 86.0 Å². The van der Waals surface area contributed by atoms with Gasteiger partial charge in [0.15, 0.2) is 0 Å². The zero-order chi connectivity index (χ0) is 11.2. The topological polar surface area (TPSA) is 0 Å². The van der Waals surface area contributed by atoms with Crippen molar-refractivity contribution in [3.63, 3.8) is 0 Å². The highest BCUT2D eigenvalue weighted by Gasteiger charge is 2.05. The van der Waals surface area contributed by atoms with Crippen molar-refractivity contribution in [2.45, 2.75) is 86.0 Å². The van der Waals surface area contributed by atoms with Crippen LogP contribution in [0.15, 0.2) is 0 Å². The SMILES string of the molecule is CC1CCCCC1.CCC.CCCC.[HH]. The average molecular weight is 202 g/mol. The van der Waals surface area contributed by atoms with Gasteiger partial charge in [0.2, 0.25) is 0 Å². The van der Waals surface area contributed by atoms with Crippen LogP contribution in [0.2, 0.25) is 0 Å². The van der Waals surface area contributed by atoms with E-state index in [0.29, 0.717) is 0 Å². The van der Waals surface area contributed by atoms with E-state index in [4.69, 9.17) is 0 Å². The number of unbranched alkanes of at least 4 members (excludes halogenated alkanes) is 1. The van der Waals surface area contributed by atoms with Gasteiger partial charge in [0, 0.05) is 1.43 Å². The fourth-order valence-corrected chi connectivity index (χ4v) is 1.31. The Morgan fingerprint density at radius 1 is 0.857 bits per heavy atom. The Hall–Kier alpha value is 0. The molecule has 1 aliphatic rings. The van der Waals surface area contributed by atoms with Gasteiger partial charge in [-0.2, -0.15) is 0 Å². The van der Waals surface area contributed by atoms with Crippen molar-refractivity contribution < 1.29 is 1.43 Å². The predicted octanol–water partition coefficient (Wildman–Crippen LogP) is 6.06. The van der Waals surface area contributed by atoms with Gasteiger partial charge < -0.3 is 0 Å². The van der Waals surface area contributed by atoms with Crippen molar-refractivity contribution in [3.8, 4) is 0 Å². The van der Waals surface area contributed by atoms with Gasteiger partial charge in [-0.15, -0.1) is 0 Å². The predicted molar refractivity (Wildman–Crippen MR) is 70.9 cm³/mol. The second-order valence-electron chi connectivity index (χ2n) is 4.45. The smallest absolute Gasteiger partial charge is 0 e. The van der Waals surface area contributed by atoms with Crippen LogP contribution in [0.3, 0.4) is 0 Å². The minimum Gasteiger partial charge on any atom is -0.0656 e. The standard InChI is InChI=1S/C7H14.C4H10.C3H8.H2/c1-7-5-3-2-4-6-7;1-3-4-2;1-3-2;/h7H,2-6H2,1H3;3-4H2,1-2H3;3H2,1-2H3;1H. The fraction of sp³-hybridized carbons (Fsp3) is 1.00. The molecular formula is C14H34. The lowest BCUT2D eigenvalue weighted by Gasteiger charge is -2.15. The monoisotopic (exact) mass is 202 g/mol. The zero-order valence-electron chi connectivity index (χ0n) is 11.2. The van der Waals surface area contributed by atoms with E-state index in [-0.39, 0.29) is 1.43 Å². The third kappa shape index (κ3) is 17.9. The largest absolute Gasteiger partial charge is 0.0656 e. The molecule has 0 spiro atoms. The molecule has 1 fully saturated rings. The summed E-state index contributed by atoms with van der Waals surface area (Å²) in [5.74, 6) is 1.04. The molecule has 1 aliphatic carbocycles. The van der Waals surface area contributed by atoms with Crippen LogP contribution < -0.4 is 0 Å². The Kier molecular flexibility index (Phi) is 18.2. The van der Waals surface area contributed by atoms with Crippen LogP contribution in [0.25, 0.3) is 0 Å². The van der Waals surface area contributed by atoms with Crippen molar-refractivity contribution >= 4 is 0 Å². The molecule has 0 aromatic rings. The summed E-state index contributed by atoms with van der Waals surface area (Å²) in [6, 6.07) is 0. The zero-order valence-corrected chi connectivity index (χ0v) is 11.2. The molecule has 0 amide bonds. The number of rotatable bonds is 1. The molecule has 0 atom stereocenters. The van der Waals surface area contributed by atoms with E-state index in [1.54, 1.807) is 0 Å². The van der Waals surface area contributed by atoms with Crippen molar-refractivity contribution in [2.24, 2.45) is 5.92 Å². The average Bonchev–Trinajstić information content (AvgIpc) is 2.21. The Morgan fingerprint density at radius 3 is 1.36 bits per heavy atom. The summed E-state index contributed by atoms with van der Waals surface area (Å²) in [4.78, 5) is 0. The lowest BCUT2D eigenvalue weighted by molar-refractivity contribution is 0.385.